The molecule has 2 aromatic rings. The van der Waals surface area contributed by atoms with Crippen molar-refractivity contribution in [3.8, 4) is 0 Å². The molecule has 5 rings (SSSR count). The summed E-state index contributed by atoms with van der Waals surface area (Å²) in [6.45, 7) is 5.05. The fraction of sp³-hybridized carbons (Fsp3) is 0.632. The number of aromatic nitrogens is 2. The molecule has 0 unspecified atom stereocenters. The first kappa shape index (κ1) is 17.8. The monoisotopic (exact) mass is 388 g/mol. The third-order valence-electron chi connectivity index (χ3n) is 6.10. The Morgan fingerprint density at radius 2 is 2.11 bits per heavy atom. The standard InChI is InChI=1S/C19H25FN6O2/c20-13-3-5-26(12-13)18(27)16-10-14(11-22-16)24-6-8-25(9-7-24)19-23-15-2-1-4-21-17(15)28-19/h1-2,4,13-14,16,22H,3,5-12H2/t13-,14-,16-/m0/s1. The smallest absolute Gasteiger partial charge is 0.299 e. The lowest BCUT2D eigenvalue weighted by Gasteiger charge is -2.37. The lowest BCUT2D eigenvalue weighted by molar-refractivity contribution is -0.132. The van der Waals surface area contributed by atoms with E-state index in [0.717, 1.165) is 44.7 Å². The Hall–Kier alpha value is -2.26. The molecule has 3 fully saturated rings. The SMILES string of the molecule is O=C([C@@H]1C[C@H](N2CCN(c3nc4cccnc4o3)CC2)CN1)N1CC[C@H](F)C1. The van der Waals surface area contributed by atoms with Crippen molar-refractivity contribution in [2.45, 2.75) is 31.1 Å². The number of halogens is 1. The number of nitrogens with zero attached hydrogens (tertiary/aromatic N) is 5. The Bertz CT molecular complexity index is 819. The van der Waals surface area contributed by atoms with E-state index in [1.165, 1.54) is 0 Å². The molecule has 28 heavy (non-hydrogen) atoms. The molecule has 0 saturated carbocycles. The molecule has 0 aliphatic carbocycles. The zero-order chi connectivity index (χ0) is 19.1. The van der Waals surface area contributed by atoms with E-state index >= 15 is 0 Å². The summed E-state index contributed by atoms with van der Waals surface area (Å²) in [6.07, 6.45) is 2.10. The van der Waals surface area contributed by atoms with Crippen LogP contribution in [-0.2, 0) is 4.79 Å². The van der Waals surface area contributed by atoms with Gasteiger partial charge in [0.2, 0.25) is 11.6 Å². The number of oxazole rings is 1. The third-order valence-corrected chi connectivity index (χ3v) is 6.10. The highest BCUT2D eigenvalue weighted by molar-refractivity contribution is 5.82. The summed E-state index contributed by atoms with van der Waals surface area (Å²) in [5.41, 5.74) is 1.34. The first-order chi connectivity index (χ1) is 13.7. The summed E-state index contributed by atoms with van der Waals surface area (Å²) in [4.78, 5) is 27.6. The van der Waals surface area contributed by atoms with Gasteiger partial charge in [-0.1, -0.05) is 0 Å². The van der Waals surface area contributed by atoms with Gasteiger partial charge in [-0.05, 0) is 25.0 Å². The summed E-state index contributed by atoms with van der Waals surface area (Å²) in [6, 6.07) is 4.54. The third kappa shape index (κ3) is 3.33. The molecule has 1 N–H and O–H groups in total. The van der Waals surface area contributed by atoms with Crippen LogP contribution < -0.4 is 10.2 Å². The second kappa shape index (κ2) is 7.29. The predicted molar refractivity (Wildman–Crippen MR) is 102 cm³/mol. The number of alkyl halides is 1. The second-order valence-electron chi connectivity index (χ2n) is 7.87. The predicted octanol–water partition coefficient (Wildman–Crippen LogP) is 0.646. The van der Waals surface area contributed by atoms with Gasteiger partial charge in [0.1, 0.15) is 11.7 Å². The molecule has 2 aromatic heterocycles. The van der Waals surface area contributed by atoms with E-state index in [2.05, 4.69) is 25.1 Å². The van der Waals surface area contributed by atoms with Crippen molar-refractivity contribution >= 4 is 23.2 Å². The Balaban J connectivity index is 1.15. The minimum absolute atomic E-state index is 0.0558. The van der Waals surface area contributed by atoms with E-state index in [4.69, 9.17) is 4.42 Å². The van der Waals surface area contributed by atoms with Gasteiger partial charge >= 0.3 is 0 Å². The van der Waals surface area contributed by atoms with Crippen molar-refractivity contribution in [3.05, 3.63) is 18.3 Å². The summed E-state index contributed by atoms with van der Waals surface area (Å²) >= 11 is 0. The van der Waals surface area contributed by atoms with Gasteiger partial charge in [0.15, 0.2) is 0 Å². The largest absolute Gasteiger partial charge is 0.404 e. The number of fused-ring (bicyclic) bond motifs is 1. The molecular weight excluding hydrogens is 363 g/mol. The Morgan fingerprint density at radius 3 is 2.86 bits per heavy atom. The van der Waals surface area contributed by atoms with Crippen LogP contribution in [0.2, 0.25) is 0 Å². The Kier molecular flexibility index (Phi) is 4.64. The number of rotatable bonds is 3. The molecule has 0 aromatic carbocycles. The van der Waals surface area contributed by atoms with Crippen molar-refractivity contribution in [2.24, 2.45) is 0 Å². The zero-order valence-corrected chi connectivity index (χ0v) is 15.8. The number of pyridine rings is 1. The Labute approximate surface area is 162 Å². The number of carbonyl (C=O) groups is 1. The molecule has 0 spiro atoms. The number of anilines is 1. The molecule has 5 heterocycles. The van der Waals surface area contributed by atoms with E-state index in [1.54, 1.807) is 11.1 Å². The van der Waals surface area contributed by atoms with Crippen LogP contribution in [0.3, 0.4) is 0 Å². The van der Waals surface area contributed by atoms with Crippen LogP contribution in [0.15, 0.2) is 22.7 Å². The molecule has 3 saturated heterocycles. The second-order valence-corrected chi connectivity index (χ2v) is 7.87. The van der Waals surface area contributed by atoms with E-state index in [-0.39, 0.29) is 18.5 Å². The Morgan fingerprint density at radius 1 is 1.25 bits per heavy atom. The van der Waals surface area contributed by atoms with Crippen molar-refractivity contribution < 1.29 is 13.6 Å². The van der Waals surface area contributed by atoms with Gasteiger partial charge in [0, 0.05) is 51.5 Å². The number of carbonyl (C=O) groups excluding carboxylic acids is 1. The lowest BCUT2D eigenvalue weighted by Crippen LogP contribution is -2.51. The highest BCUT2D eigenvalue weighted by atomic mass is 19.1. The van der Waals surface area contributed by atoms with Crippen LogP contribution >= 0.6 is 0 Å². The van der Waals surface area contributed by atoms with Crippen molar-refractivity contribution in [1.82, 2.24) is 25.1 Å². The summed E-state index contributed by atoms with van der Waals surface area (Å²) in [5, 5.41) is 3.35. The van der Waals surface area contributed by atoms with Crippen LogP contribution in [0.5, 0.6) is 0 Å². The number of amides is 1. The van der Waals surface area contributed by atoms with Crippen molar-refractivity contribution in [3.63, 3.8) is 0 Å². The van der Waals surface area contributed by atoms with Crippen molar-refractivity contribution in [2.75, 3.05) is 50.7 Å². The number of piperazine rings is 1. The van der Waals surface area contributed by atoms with Gasteiger partial charge in [-0.2, -0.15) is 4.98 Å². The van der Waals surface area contributed by atoms with Gasteiger partial charge in [0.25, 0.3) is 6.01 Å². The highest BCUT2D eigenvalue weighted by Crippen LogP contribution is 2.24. The maximum absolute atomic E-state index is 13.4. The van der Waals surface area contributed by atoms with Crippen LogP contribution in [0, 0.1) is 0 Å². The van der Waals surface area contributed by atoms with E-state index < -0.39 is 6.17 Å². The van der Waals surface area contributed by atoms with E-state index in [9.17, 15) is 9.18 Å². The minimum Gasteiger partial charge on any atom is -0.404 e. The molecule has 0 bridgehead atoms. The van der Waals surface area contributed by atoms with Gasteiger partial charge < -0.3 is 19.5 Å². The fourth-order valence-electron chi connectivity index (χ4n) is 4.49. The van der Waals surface area contributed by atoms with E-state index in [1.807, 2.05) is 12.1 Å². The number of nitrogens with one attached hydrogen (secondary N) is 1. The first-order valence-electron chi connectivity index (χ1n) is 10.0. The van der Waals surface area contributed by atoms with Crippen LogP contribution in [0.1, 0.15) is 12.8 Å². The molecule has 8 nitrogen and oxygen atoms in total. The lowest BCUT2D eigenvalue weighted by atomic mass is 10.1. The summed E-state index contributed by atoms with van der Waals surface area (Å²) in [7, 11) is 0. The molecule has 1 amide bonds. The molecule has 9 heteroatoms. The number of likely N-dealkylation sites (tertiary alicyclic amines) is 1. The first-order valence-corrected chi connectivity index (χ1v) is 10.0. The van der Waals surface area contributed by atoms with Gasteiger partial charge in [0.05, 0.1) is 12.6 Å². The molecule has 0 radical (unpaired) electrons. The quantitative estimate of drug-likeness (QED) is 0.827. The molecule has 3 atom stereocenters. The average molecular weight is 388 g/mol. The van der Waals surface area contributed by atoms with Crippen molar-refractivity contribution in [1.29, 1.82) is 0 Å². The van der Waals surface area contributed by atoms with Crippen LogP contribution in [0.4, 0.5) is 10.4 Å². The van der Waals surface area contributed by atoms with Gasteiger partial charge in [-0.15, -0.1) is 0 Å². The number of hydrogen-bond acceptors (Lipinski definition) is 7. The molecular formula is C19H25FN6O2. The maximum atomic E-state index is 13.4. The van der Waals surface area contributed by atoms with E-state index in [0.29, 0.717) is 30.7 Å². The van der Waals surface area contributed by atoms with Crippen LogP contribution in [0.25, 0.3) is 11.2 Å². The topological polar surface area (TPSA) is 77.7 Å². The van der Waals surface area contributed by atoms with Gasteiger partial charge in [-0.25, -0.2) is 9.37 Å². The number of hydrogen-bond donors (Lipinski definition) is 1. The summed E-state index contributed by atoms with van der Waals surface area (Å²) in [5.74, 6) is 0.0558. The minimum atomic E-state index is -0.865. The maximum Gasteiger partial charge on any atom is 0.299 e. The molecule has 3 aliphatic rings. The highest BCUT2D eigenvalue weighted by Gasteiger charge is 2.38. The summed E-state index contributed by atoms with van der Waals surface area (Å²) < 4.78 is 19.2. The van der Waals surface area contributed by atoms with Crippen LogP contribution in [-0.4, -0.2) is 89.7 Å². The zero-order valence-electron chi connectivity index (χ0n) is 15.8. The fourth-order valence-corrected chi connectivity index (χ4v) is 4.49. The molecule has 3 aliphatic heterocycles. The normalized spacial score (nSPS) is 29.1. The van der Waals surface area contributed by atoms with Gasteiger partial charge in [-0.3, -0.25) is 9.69 Å². The average Bonchev–Trinajstić information content (AvgIpc) is 3.46. The molecule has 150 valence electrons.